The van der Waals surface area contributed by atoms with Crippen LogP contribution in [0.3, 0.4) is 0 Å². The molecule has 0 saturated carbocycles. The number of nitrogens with one attached hydrogen (secondary N) is 1. The number of fused-ring (bicyclic) bond motifs is 1. The molecule has 1 atom stereocenters. The van der Waals surface area contributed by atoms with Crippen LogP contribution in [0.15, 0.2) is 18.2 Å². The van der Waals surface area contributed by atoms with Crippen molar-refractivity contribution < 1.29 is 29.0 Å². The fourth-order valence-electron chi connectivity index (χ4n) is 2.02. The van der Waals surface area contributed by atoms with Crippen molar-refractivity contribution in [2.75, 3.05) is 26.9 Å². The van der Waals surface area contributed by atoms with Crippen molar-refractivity contribution in [3.05, 3.63) is 23.8 Å². The van der Waals surface area contributed by atoms with Crippen molar-refractivity contribution in [2.24, 2.45) is 5.92 Å². The average molecular weight is 322 g/mol. The van der Waals surface area contributed by atoms with Gasteiger partial charge in [0, 0.05) is 19.2 Å². The maximum Gasteiger partial charge on any atom is 0.308 e. The summed E-state index contributed by atoms with van der Waals surface area (Å²) >= 11 is 0. The van der Waals surface area contributed by atoms with E-state index in [4.69, 9.17) is 14.6 Å². The summed E-state index contributed by atoms with van der Waals surface area (Å²) in [6.07, 6.45) is 0. The van der Waals surface area contributed by atoms with Gasteiger partial charge >= 0.3 is 5.97 Å². The molecule has 0 spiro atoms. The number of ether oxygens (including phenoxy) is 2. The lowest BCUT2D eigenvalue weighted by Gasteiger charge is -2.19. The fourth-order valence-corrected chi connectivity index (χ4v) is 2.02. The third kappa shape index (κ3) is 4.12. The Morgan fingerprint density at radius 3 is 2.70 bits per heavy atom. The van der Waals surface area contributed by atoms with Crippen LogP contribution in [0.1, 0.15) is 17.3 Å². The van der Waals surface area contributed by atoms with Gasteiger partial charge in [-0.3, -0.25) is 14.4 Å². The van der Waals surface area contributed by atoms with Gasteiger partial charge in [-0.05, 0) is 18.2 Å². The van der Waals surface area contributed by atoms with E-state index in [9.17, 15) is 14.4 Å². The first-order valence-electron chi connectivity index (χ1n) is 7.03. The zero-order valence-electron chi connectivity index (χ0n) is 12.9. The van der Waals surface area contributed by atoms with Gasteiger partial charge in [0.25, 0.3) is 5.91 Å². The highest BCUT2D eigenvalue weighted by Crippen LogP contribution is 2.32. The predicted octanol–water partition coefficient (Wildman–Crippen LogP) is 0.324. The van der Waals surface area contributed by atoms with E-state index in [0.717, 1.165) is 0 Å². The second-order valence-electron chi connectivity index (χ2n) is 5.26. The van der Waals surface area contributed by atoms with E-state index in [2.05, 4.69) is 5.32 Å². The molecule has 2 rings (SSSR count). The summed E-state index contributed by atoms with van der Waals surface area (Å²) in [5.74, 6) is -1.39. The molecule has 1 aliphatic heterocycles. The largest absolute Gasteiger partial charge is 0.481 e. The van der Waals surface area contributed by atoms with Gasteiger partial charge in [0.1, 0.15) is 0 Å². The van der Waals surface area contributed by atoms with Crippen LogP contribution in [-0.4, -0.2) is 54.7 Å². The minimum Gasteiger partial charge on any atom is -0.481 e. The number of rotatable bonds is 6. The van der Waals surface area contributed by atoms with Crippen LogP contribution in [0.4, 0.5) is 0 Å². The summed E-state index contributed by atoms with van der Waals surface area (Å²) in [6.45, 7) is 1.49. The minimum atomic E-state index is -0.978. The Labute approximate surface area is 133 Å². The summed E-state index contributed by atoms with van der Waals surface area (Å²) in [6, 6.07) is 4.74. The van der Waals surface area contributed by atoms with Gasteiger partial charge in [0.15, 0.2) is 11.5 Å². The van der Waals surface area contributed by atoms with E-state index in [1.165, 1.54) is 18.9 Å². The summed E-state index contributed by atoms with van der Waals surface area (Å²) in [5.41, 5.74) is 0.351. The quantitative estimate of drug-likeness (QED) is 0.782. The predicted molar refractivity (Wildman–Crippen MR) is 79.3 cm³/mol. The van der Waals surface area contributed by atoms with Crippen LogP contribution in [0.2, 0.25) is 0 Å². The van der Waals surface area contributed by atoms with E-state index >= 15 is 0 Å². The van der Waals surface area contributed by atoms with Crippen molar-refractivity contribution >= 4 is 17.8 Å². The first-order chi connectivity index (χ1) is 10.9. The summed E-state index contributed by atoms with van der Waals surface area (Å²) < 4.78 is 10.3. The monoisotopic (exact) mass is 322 g/mol. The maximum absolute atomic E-state index is 12.0. The summed E-state index contributed by atoms with van der Waals surface area (Å²) in [5, 5.41) is 11.3. The van der Waals surface area contributed by atoms with Crippen LogP contribution >= 0.6 is 0 Å². The van der Waals surface area contributed by atoms with Gasteiger partial charge in [-0.15, -0.1) is 0 Å². The van der Waals surface area contributed by atoms with Gasteiger partial charge < -0.3 is 24.8 Å². The molecule has 8 nitrogen and oxygen atoms in total. The van der Waals surface area contributed by atoms with Gasteiger partial charge in [-0.2, -0.15) is 0 Å². The van der Waals surface area contributed by atoms with Crippen molar-refractivity contribution in [2.45, 2.75) is 6.92 Å². The van der Waals surface area contributed by atoms with Crippen molar-refractivity contribution in [3.63, 3.8) is 0 Å². The maximum atomic E-state index is 12.0. The molecular weight excluding hydrogens is 304 g/mol. The average Bonchev–Trinajstić information content (AvgIpc) is 2.99. The van der Waals surface area contributed by atoms with Gasteiger partial charge in [-0.1, -0.05) is 6.92 Å². The molecule has 0 aromatic heterocycles. The normalized spacial score (nSPS) is 13.3. The Balaban J connectivity index is 1.86. The van der Waals surface area contributed by atoms with E-state index in [1.54, 1.807) is 18.2 Å². The van der Waals surface area contributed by atoms with Gasteiger partial charge in [0.2, 0.25) is 12.7 Å². The highest BCUT2D eigenvalue weighted by molar-refractivity contribution is 5.97. The molecule has 0 aliphatic carbocycles. The Hall–Kier alpha value is -2.77. The third-order valence-corrected chi connectivity index (χ3v) is 3.43. The SMILES string of the molecule is CC(CN(C)C(=O)CNC(=O)c1ccc2c(c1)OCO2)C(=O)O. The first kappa shape index (κ1) is 16.6. The number of aliphatic carboxylic acids is 1. The Morgan fingerprint density at radius 2 is 2.00 bits per heavy atom. The van der Waals surface area contributed by atoms with Crippen molar-refractivity contribution in [1.82, 2.24) is 10.2 Å². The molecule has 2 N–H and O–H groups in total. The van der Waals surface area contributed by atoms with Crippen LogP contribution in [0.5, 0.6) is 11.5 Å². The van der Waals surface area contributed by atoms with Gasteiger partial charge in [0.05, 0.1) is 12.5 Å². The second-order valence-corrected chi connectivity index (χ2v) is 5.26. The molecular formula is C15H18N2O6. The smallest absolute Gasteiger partial charge is 0.308 e. The Bertz CT molecular complexity index is 630. The molecule has 1 unspecified atom stereocenters. The molecule has 23 heavy (non-hydrogen) atoms. The number of hydrogen-bond acceptors (Lipinski definition) is 5. The zero-order chi connectivity index (χ0) is 17.0. The first-order valence-corrected chi connectivity index (χ1v) is 7.03. The number of likely N-dealkylation sites (N-methyl/N-ethyl adjacent to an activating group) is 1. The lowest BCUT2D eigenvalue weighted by Crippen LogP contribution is -2.40. The van der Waals surface area contributed by atoms with E-state index in [0.29, 0.717) is 17.1 Å². The number of carboxylic acid groups (broad SMARTS) is 1. The van der Waals surface area contributed by atoms with Gasteiger partial charge in [-0.25, -0.2) is 0 Å². The zero-order valence-corrected chi connectivity index (χ0v) is 12.9. The molecule has 1 aromatic carbocycles. The number of hydrogen-bond donors (Lipinski definition) is 2. The second kappa shape index (κ2) is 6.99. The fraction of sp³-hybridized carbons (Fsp3) is 0.400. The Kier molecular flexibility index (Phi) is 5.05. The number of carbonyl (C=O) groups excluding carboxylic acids is 2. The van der Waals surface area contributed by atoms with Crippen molar-refractivity contribution in [1.29, 1.82) is 0 Å². The highest BCUT2D eigenvalue weighted by atomic mass is 16.7. The van der Waals surface area contributed by atoms with E-state index in [1.807, 2.05) is 0 Å². The van der Waals surface area contributed by atoms with Crippen LogP contribution in [0, 0.1) is 5.92 Å². The highest BCUT2D eigenvalue weighted by Gasteiger charge is 2.19. The third-order valence-electron chi connectivity index (χ3n) is 3.43. The molecule has 0 saturated heterocycles. The molecule has 1 aliphatic rings. The number of carbonyl (C=O) groups is 3. The molecule has 0 bridgehead atoms. The molecule has 2 amide bonds. The standard InChI is InChI=1S/C15H18N2O6/c1-9(15(20)21)7-17(2)13(18)6-16-14(19)10-3-4-11-12(5-10)23-8-22-11/h3-5,9H,6-8H2,1-2H3,(H,16,19)(H,20,21). The lowest BCUT2D eigenvalue weighted by atomic mass is 10.1. The van der Waals surface area contributed by atoms with Crippen molar-refractivity contribution in [3.8, 4) is 11.5 Å². The van der Waals surface area contributed by atoms with E-state index < -0.39 is 17.8 Å². The Morgan fingerprint density at radius 1 is 1.30 bits per heavy atom. The molecule has 0 fully saturated rings. The number of nitrogens with zero attached hydrogens (tertiary/aromatic N) is 1. The van der Waals surface area contributed by atoms with Crippen LogP contribution < -0.4 is 14.8 Å². The van der Waals surface area contributed by atoms with Crippen LogP contribution in [-0.2, 0) is 9.59 Å². The lowest BCUT2D eigenvalue weighted by molar-refractivity contribution is -0.142. The molecule has 8 heteroatoms. The number of amides is 2. The summed E-state index contributed by atoms with van der Waals surface area (Å²) in [4.78, 5) is 36.0. The number of carboxylic acids is 1. The summed E-state index contributed by atoms with van der Waals surface area (Å²) in [7, 11) is 1.49. The van der Waals surface area contributed by atoms with Crippen LogP contribution in [0.25, 0.3) is 0 Å². The molecule has 0 radical (unpaired) electrons. The molecule has 1 aromatic rings. The number of benzene rings is 1. The minimum absolute atomic E-state index is 0.0774. The molecule has 1 heterocycles. The van der Waals surface area contributed by atoms with E-state index in [-0.39, 0.29) is 25.8 Å². The molecule has 124 valence electrons. The topological polar surface area (TPSA) is 105 Å².